The van der Waals surface area contributed by atoms with Gasteiger partial charge in [0.15, 0.2) is 0 Å². The summed E-state index contributed by atoms with van der Waals surface area (Å²) in [6.45, 7) is 0.999. The molecule has 0 spiro atoms. The summed E-state index contributed by atoms with van der Waals surface area (Å²) in [5, 5.41) is -0.177. The molecule has 23 heavy (non-hydrogen) atoms. The topological polar surface area (TPSA) is 68.3 Å². The molecule has 1 N–H and O–H groups in total. The minimum Gasteiger partial charge on any atom is -0.381 e. The molecule has 0 unspecified atom stereocenters. The van der Waals surface area contributed by atoms with Crippen molar-refractivity contribution in [1.29, 1.82) is 0 Å². The summed E-state index contributed by atoms with van der Waals surface area (Å²) in [4.78, 5) is 3.80. The van der Waals surface area contributed by atoms with Gasteiger partial charge in [0.05, 0.1) is 15.9 Å². The molecular weight excluding hydrogens is 411 g/mol. The number of rotatable bonds is 3. The minimum atomic E-state index is -3.89. The Balaban J connectivity index is 2.03. The molecule has 0 radical (unpaired) electrons. The molecule has 5 nitrogen and oxygen atoms in total. The Morgan fingerprint density at radius 3 is 2.74 bits per heavy atom. The van der Waals surface area contributed by atoms with Gasteiger partial charge in [-0.1, -0.05) is 27.5 Å². The third kappa shape index (κ3) is 3.51. The average Bonchev–Trinajstić information content (AvgIpc) is 2.46. The van der Waals surface area contributed by atoms with E-state index in [1.807, 2.05) is 0 Å². The van der Waals surface area contributed by atoms with E-state index in [0.29, 0.717) is 30.5 Å². The molecule has 1 aliphatic rings. The fourth-order valence-electron chi connectivity index (χ4n) is 2.47. The van der Waals surface area contributed by atoms with Crippen LogP contribution in [0.1, 0.15) is 12.8 Å². The van der Waals surface area contributed by atoms with Gasteiger partial charge in [0.25, 0.3) is 0 Å². The third-order valence-electron chi connectivity index (χ3n) is 3.62. The number of aromatic nitrogens is 1. The molecule has 1 fully saturated rings. The van der Waals surface area contributed by atoms with Gasteiger partial charge in [-0.15, -0.1) is 0 Å². The predicted molar refractivity (Wildman–Crippen MR) is 88.6 cm³/mol. The van der Waals surface area contributed by atoms with Crippen LogP contribution in [-0.2, 0) is 14.8 Å². The van der Waals surface area contributed by atoms with Crippen LogP contribution in [0.25, 0.3) is 10.9 Å². The molecule has 2 heterocycles. The van der Waals surface area contributed by atoms with Gasteiger partial charge in [-0.25, -0.2) is 17.5 Å². The van der Waals surface area contributed by atoms with Gasteiger partial charge in [-0.2, -0.15) is 0 Å². The Labute approximate surface area is 146 Å². The van der Waals surface area contributed by atoms with Gasteiger partial charge >= 0.3 is 0 Å². The fourth-order valence-corrected chi connectivity index (χ4v) is 4.76. The van der Waals surface area contributed by atoms with E-state index in [1.165, 1.54) is 6.07 Å². The molecular formula is C14H13BrClFN2O3S. The zero-order valence-electron chi connectivity index (χ0n) is 11.9. The van der Waals surface area contributed by atoms with Crippen molar-refractivity contribution < 1.29 is 17.5 Å². The Hall–Kier alpha value is -0.800. The molecule has 1 aromatic heterocycles. The molecule has 124 valence electrons. The highest BCUT2D eigenvalue weighted by Crippen LogP contribution is 2.32. The lowest BCUT2D eigenvalue weighted by Gasteiger charge is -2.23. The van der Waals surface area contributed by atoms with E-state index in [4.69, 9.17) is 16.3 Å². The van der Waals surface area contributed by atoms with Gasteiger partial charge in [0.2, 0.25) is 10.0 Å². The van der Waals surface area contributed by atoms with E-state index in [9.17, 15) is 12.8 Å². The van der Waals surface area contributed by atoms with Crippen LogP contribution in [0.5, 0.6) is 0 Å². The summed E-state index contributed by atoms with van der Waals surface area (Å²) in [6.07, 6.45) is 2.32. The SMILES string of the molecule is O=S(=O)(NC1CCOCC1)c1cnc2cc(Br)cc(F)c2c1Cl. The number of benzene rings is 1. The molecule has 0 saturated carbocycles. The lowest BCUT2D eigenvalue weighted by molar-refractivity contribution is 0.0832. The van der Waals surface area contributed by atoms with Gasteiger partial charge in [0, 0.05) is 29.9 Å². The largest absolute Gasteiger partial charge is 0.381 e. The lowest BCUT2D eigenvalue weighted by atomic mass is 10.1. The van der Waals surface area contributed by atoms with Crippen LogP contribution in [0.4, 0.5) is 4.39 Å². The van der Waals surface area contributed by atoms with Crippen LogP contribution in [0, 0.1) is 5.82 Å². The van der Waals surface area contributed by atoms with E-state index < -0.39 is 15.8 Å². The highest BCUT2D eigenvalue weighted by Gasteiger charge is 2.26. The number of pyridine rings is 1. The molecule has 2 aromatic rings. The molecule has 3 rings (SSSR count). The molecule has 0 bridgehead atoms. The Morgan fingerprint density at radius 2 is 2.04 bits per heavy atom. The van der Waals surface area contributed by atoms with Gasteiger partial charge < -0.3 is 4.74 Å². The standard InChI is InChI=1S/C14H13BrClFN2O3S/c15-8-5-10(17)13-11(6-8)18-7-12(14(13)16)23(20,21)19-9-1-3-22-4-2-9/h5-7,9,19H,1-4H2. The molecule has 9 heteroatoms. The number of nitrogens with zero attached hydrogens (tertiary/aromatic N) is 1. The molecule has 0 aliphatic carbocycles. The Bertz CT molecular complexity index is 857. The zero-order valence-corrected chi connectivity index (χ0v) is 15.0. The van der Waals surface area contributed by atoms with Crippen LogP contribution >= 0.6 is 27.5 Å². The lowest BCUT2D eigenvalue weighted by Crippen LogP contribution is -2.39. The van der Waals surface area contributed by atoms with E-state index >= 15 is 0 Å². The second kappa shape index (κ2) is 6.60. The second-order valence-electron chi connectivity index (χ2n) is 5.23. The third-order valence-corrected chi connectivity index (χ3v) is 6.12. The summed E-state index contributed by atoms with van der Waals surface area (Å²) in [5.74, 6) is -0.630. The van der Waals surface area contributed by atoms with E-state index in [1.54, 1.807) is 6.07 Å². The molecule has 1 aromatic carbocycles. The van der Waals surface area contributed by atoms with Crippen molar-refractivity contribution >= 4 is 48.5 Å². The average molecular weight is 424 g/mol. The summed E-state index contributed by atoms with van der Waals surface area (Å²) >= 11 is 9.33. The van der Waals surface area contributed by atoms with Crippen molar-refractivity contribution in [3.63, 3.8) is 0 Å². The monoisotopic (exact) mass is 422 g/mol. The Morgan fingerprint density at radius 1 is 1.35 bits per heavy atom. The number of sulfonamides is 1. The van der Waals surface area contributed by atoms with Crippen molar-refractivity contribution in [1.82, 2.24) is 9.71 Å². The number of hydrogen-bond acceptors (Lipinski definition) is 4. The minimum absolute atomic E-state index is 0.00952. The maximum absolute atomic E-state index is 14.1. The van der Waals surface area contributed by atoms with Gasteiger partial charge in [-0.3, -0.25) is 4.98 Å². The van der Waals surface area contributed by atoms with Crippen molar-refractivity contribution in [2.75, 3.05) is 13.2 Å². The van der Waals surface area contributed by atoms with Gasteiger partial charge in [-0.05, 0) is 25.0 Å². The van der Waals surface area contributed by atoms with Crippen LogP contribution in [-0.4, -0.2) is 32.7 Å². The zero-order chi connectivity index (χ0) is 16.6. The first-order valence-electron chi connectivity index (χ1n) is 6.92. The number of nitrogens with one attached hydrogen (secondary N) is 1. The first kappa shape index (κ1) is 17.0. The number of halogens is 3. The number of hydrogen-bond donors (Lipinski definition) is 1. The maximum atomic E-state index is 14.1. The van der Waals surface area contributed by atoms with Crippen LogP contribution < -0.4 is 4.72 Å². The normalized spacial score (nSPS) is 16.8. The number of fused-ring (bicyclic) bond motifs is 1. The number of ether oxygens (including phenoxy) is 1. The van der Waals surface area contributed by atoms with Crippen LogP contribution in [0.3, 0.4) is 0 Å². The summed E-state index contributed by atoms with van der Waals surface area (Å²) in [6, 6.07) is 2.57. The van der Waals surface area contributed by atoms with Crippen molar-refractivity contribution in [3.8, 4) is 0 Å². The van der Waals surface area contributed by atoms with E-state index in [-0.39, 0.29) is 26.9 Å². The predicted octanol–water partition coefficient (Wildman–Crippen LogP) is 3.25. The fraction of sp³-hybridized carbons (Fsp3) is 0.357. The van der Waals surface area contributed by atoms with Crippen molar-refractivity contribution in [2.24, 2.45) is 0 Å². The van der Waals surface area contributed by atoms with Crippen molar-refractivity contribution in [2.45, 2.75) is 23.8 Å². The second-order valence-corrected chi connectivity index (χ2v) is 8.20. The Kier molecular flexibility index (Phi) is 4.89. The molecule has 0 amide bonds. The first-order valence-corrected chi connectivity index (χ1v) is 9.57. The summed E-state index contributed by atoms with van der Waals surface area (Å²) in [7, 11) is -3.89. The quantitative estimate of drug-likeness (QED) is 0.823. The smallest absolute Gasteiger partial charge is 0.243 e. The highest BCUT2D eigenvalue weighted by atomic mass is 79.9. The molecule has 1 saturated heterocycles. The molecule has 1 aliphatic heterocycles. The highest BCUT2D eigenvalue weighted by molar-refractivity contribution is 9.10. The first-order chi connectivity index (χ1) is 10.9. The van der Waals surface area contributed by atoms with E-state index in [2.05, 4.69) is 25.6 Å². The van der Waals surface area contributed by atoms with Gasteiger partial charge in [0.1, 0.15) is 10.7 Å². The van der Waals surface area contributed by atoms with Crippen LogP contribution in [0.2, 0.25) is 5.02 Å². The summed E-state index contributed by atoms with van der Waals surface area (Å²) in [5.41, 5.74) is 0.284. The maximum Gasteiger partial charge on any atom is 0.243 e. The molecule has 0 atom stereocenters. The van der Waals surface area contributed by atoms with E-state index in [0.717, 1.165) is 6.20 Å². The van der Waals surface area contributed by atoms with Crippen LogP contribution in [0.15, 0.2) is 27.7 Å². The summed E-state index contributed by atoms with van der Waals surface area (Å²) < 4.78 is 47.5. The van der Waals surface area contributed by atoms with Crippen molar-refractivity contribution in [3.05, 3.63) is 33.6 Å².